The minimum absolute atomic E-state index is 0.0555. The Hall–Kier alpha value is -0.745. The van der Waals surface area contributed by atoms with Crippen LogP contribution < -0.4 is 0 Å². The number of hydrogen-bond acceptors (Lipinski definition) is 2. The molecule has 2 rings (SSSR count). The largest absolute Gasteiger partial charge is 0.506 e. The lowest BCUT2D eigenvalue weighted by Gasteiger charge is -2.36. The van der Waals surface area contributed by atoms with Crippen molar-refractivity contribution in [3.05, 3.63) is 33.9 Å². The van der Waals surface area contributed by atoms with Crippen molar-refractivity contribution in [1.29, 1.82) is 0 Å². The summed E-state index contributed by atoms with van der Waals surface area (Å²) in [5, 5.41) is 2.01. The topological polar surface area (TPSA) is 3.24 Å². The molecular weight excluding hydrogens is 246 g/mol. The van der Waals surface area contributed by atoms with Crippen molar-refractivity contribution in [1.82, 2.24) is 4.90 Å². The van der Waals surface area contributed by atoms with Crippen LogP contribution in [0.1, 0.15) is 23.4 Å². The number of thiophene rings is 1. The molecule has 17 heavy (non-hydrogen) atoms. The first-order valence-corrected chi connectivity index (χ1v) is 6.45. The van der Waals surface area contributed by atoms with Gasteiger partial charge in [0.2, 0.25) is 0 Å². The van der Waals surface area contributed by atoms with E-state index in [1.165, 1.54) is 10.4 Å². The highest BCUT2D eigenvalue weighted by Gasteiger charge is 2.31. The van der Waals surface area contributed by atoms with Crippen molar-refractivity contribution < 1.29 is 12.9 Å². The first-order chi connectivity index (χ1) is 7.89. The molecule has 6 heteroatoms. The molecule has 1 unspecified atom stereocenters. The van der Waals surface area contributed by atoms with Gasteiger partial charge in [0.15, 0.2) is 0 Å². The molecule has 0 aromatic carbocycles. The van der Waals surface area contributed by atoms with E-state index in [0.29, 0.717) is 6.54 Å². The Morgan fingerprint density at radius 1 is 1.59 bits per heavy atom. The van der Waals surface area contributed by atoms with Crippen LogP contribution in [-0.2, 0) is 6.42 Å². The molecule has 0 fully saturated rings. The number of fused-ring (bicyclic) bond motifs is 1. The zero-order chi connectivity index (χ0) is 12.6. The van der Waals surface area contributed by atoms with Crippen molar-refractivity contribution >= 4 is 18.3 Å². The molecule has 0 radical (unpaired) electrons. The average Bonchev–Trinajstić information content (AvgIpc) is 2.69. The van der Waals surface area contributed by atoms with Gasteiger partial charge < -0.3 is 12.9 Å². The van der Waals surface area contributed by atoms with Crippen molar-refractivity contribution in [2.45, 2.75) is 19.4 Å². The number of nitrogens with zero attached hydrogens (tertiary/aromatic N) is 1. The molecule has 0 saturated carbocycles. The van der Waals surface area contributed by atoms with Crippen LogP contribution in [0.4, 0.5) is 12.9 Å². The second-order valence-corrected chi connectivity index (χ2v) is 5.43. The van der Waals surface area contributed by atoms with Gasteiger partial charge in [-0.3, -0.25) is 4.90 Å². The van der Waals surface area contributed by atoms with Crippen LogP contribution >= 0.6 is 11.3 Å². The van der Waals surface area contributed by atoms with E-state index in [9.17, 15) is 12.9 Å². The molecule has 0 spiro atoms. The molecule has 1 nitrogen and oxygen atoms in total. The Labute approximate surface area is 103 Å². The molecule has 0 saturated heterocycles. The highest BCUT2D eigenvalue weighted by molar-refractivity contribution is 7.10. The van der Waals surface area contributed by atoms with Gasteiger partial charge in [0.05, 0.1) is 0 Å². The summed E-state index contributed by atoms with van der Waals surface area (Å²) in [6, 6.07) is 2.07. The average molecular weight is 260 g/mol. The molecule has 0 amide bonds. The lowest BCUT2D eigenvalue weighted by molar-refractivity contribution is 0.218. The molecule has 0 N–H and O–H groups in total. The van der Waals surface area contributed by atoms with Crippen LogP contribution in [0.15, 0.2) is 23.5 Å². The lowest BCUT2D eigenvalue weighted by Crippen LogP contribution is -2.38. The van der Waals surface area contributed by atoms with Gasteiger partial charge in [0, 0.05) is 17.5 Å². The van der Waals surface area contributed by atoms with Gasteiger partial charge >= 0.3 is 6.98 Å². The van der Waals surface area contributed by atoms with Crippen LogP contribution in [0.25, 0.3) is 0 Å². The summed E-state index contributed by atoms with van der Waals surface area (Å²) in [7, 11) is 0. The summed E-state index contributed by atoms with van der Waals surface area (Å²) in [5.41, 5.74) is 0.569. The summed E-state index contributed by atoms with van der Waals surface area (Å²) in [6.45, 7) is 0.819. The molecule has 1 aliphatic heterocycles. The van der Waals surface area contributed by atoms with E-state index in [-0.39, 0.29) is 12.6 Å². The Bertz CT molecular complexity index is 427. The smallest absolute Gasteiger partial charge is 0.445 e. The second kappa shape index (κ2) is 4.50. The van der Waals surface area contributed by atoms with Gasteiger partial charge in [-0.15, -0.1) is 23.4 Å². The third kappa shape index (κ3) is 2.58. The van der Waals surface area contributed by atoms with Crippen LogP contribution in [0.3, 0.4) is 0 Å². The SMILES string of the molecule is C=C(CN1CCc2sccc2C1C)[B-](F)(F)F. The Balaban J connectivity index is 2.08. The van der Waals surface area contributed by atoms with Gasteiger partial charge in [-0.25, -0.2) is 0 Å². The van der Waals surface area contributed by atoms with Crippen molar-refractivity contribution in [2.24, 2.45) is 0 Å². The zero-order valence-corrected chi connectivity index (χ0v) is 10.4. The van der Waals surface area contributed by atoms with Crippen LogP contribution in [0.5, 0.6) is 0 Å². The Kier molecular flexibility index (Phi) is 3.36. The Morgan fingerprint density at radius 2 is 2.29 bits per heavy atom. The maximum absolute atomic E-state index is 12.5. The van der Waals surface area contributed by atoms with E-state index in [4.69, 9.17) is 0 Å². The van der Waals surface area contributed by atoms with Crippen molar-refractivity contribution in [3.63, 3.8) is 0 Å². The first-order valence-electron chi connectivity index (χ1n) is 5.57. The highest BCUT2D eigenvalue weighted by Crippen LogP contribution is 2.34. The predicted octanol–water partition coefficient (Wildman–Crippen LogP) is 3.61. The van der Waals surface area contributed by atoms with Gasteiger partial charge in [0.1, 0.15) is 0 Å². The van der Waals surface area contributed by atoms with E-state index in [2.05, 4.69) is 6.58 Å². The van der Waals surface area contributed by atoms with Gasteiger partial charge in [-0.2, -0.15) is 0 Å². The van der Waals surface area contributed by atoms with Crippen LogP contribution in [0, 0.1) is 0 Å². The molecular formula is C11H14BF3NS-. The molecule has 1 atom stereocenters. The maximum Gasteiger partial charge on any atom is 0.506 e. The molecule has 0 aliphatic carbocycles. The summed E-state index contributed by atoms with van der Waals surface area (Å²) in [5.74, 6) is 0. The fourth-order valence-corrected chi connectivity index (χ4v) is 3.10. The maximum atomic E-state index is 12.5. The van der Waals surface area contributed by atoms with Gasteiger partial charge in [-0.1, -0.05) is 0 Å². The summed E-state index contributed by atoms with van der Waals surface area (Å²) < 4.78 is 37.5. The lowest BCUT2D eigenvalue weighted by atomic mass is 9.79. The molecule has 1 aliphatic rings. The fraction of sp³-hybridized carbons (Fsp3) is 0.455. The number of rotatable bonds is 3. The minimum Gasteiger partial charge on any atom is -0.445 e. The Morgan fingerprint density at radius 3 is 2.94 bits per heavy atom. The van der Waals surface area contributed by atoms with Gasteiger partial charge in [-0.05, 0) is 36.9 Å². The minimum atomic E-state index is -4.91. The molecule has 94 valence electrons. The second-order valence-electron chi connectivity index (χ2n) is 4.43. The normalized spacial score (nSPS) is 21.3. The van der Waals surface area contributed by atoms with Crippen LogP contribution in [-0.4, -0.2) is 25.0 Å². The van der Waals surface area contributed by atoms with E-state index in [1.807, 2.05) is 23.3 Å². The van der Waals surface area contributed by atoms with Gasteiger partial charge in [0.25, 0.3) is 0 Å². The molecule has 1 aromatic heterocycles. The highest BCUT2D eigenvalue weighted by atomic mass is 32.1. The number of hydrogen-bond donors (Lipinski definition) is 0. The van der Waals surface area contributed by atoms with E-state index in [0.717, 1.165) is 6.42 Å². The third-order valence-corrected chi connectivity index (χ3v) is 4.27. The fourth-order valence-electron chi connectivity index (χ4n) is 2.14. The monoisotopic (exact) mass is 260 g/mol. The molecule has 1 aromatic rings. The zero-order valence-electron chi connectivity index (χ0n) is 9.63. The van der Waals surface area contributed by atoms with Crippen molar-refractivity contribution in [2.75, 3.05) is 13.1 Å². The quantitative estimate of drug-likeness (QED) is 0.750. The van der Waals surface area contributed by atoms with Crippen LogP contribution in [0.2, 0.25) is 0 Å². The summed E-state index contributed by atoms with van der Waals surface area (Å²) in [4.78, 5) is 3.16. The summed E-state index contributed by atoms with van der Waals surface area (Å²) in [6.07, 6.45) is 0.843. The molecule has 0 bridgehead atoms. The van der Waals surface area contributed by atoms with E-state index in [1.54, 1.807) is 11.3 Å². The van der Waals surface area contributed by atoms with E-state index < -0.39 is 12.4 Å². The number of halogens is 3. The standard InChI is InChI=1S/C11H14BF3NS/c1-8(12(13,14)15)7-16-5-3-11-10(9(16)2)4-6-17-11/h4,6,9H,1,3,5,7H2,2H3/q-1. The van der Waals surface area contributed by atoms with Crippen molar-refractivity contribution in [3.8, 4) is 0 Å². The summed E-state index contributed by atoms with van der Waals surface area (Å²) >= 11 is 1.69. The van der Waals surface area contributed by atoms with E-state index >= 15 is 0 Å². The molecule has 2 heterocycles. The first kappa shape index (κ1) is 12.7. The predicted molar refractivity (Wildman–Crippen MR) is 66.2 cm³/mol. The third-order valence-electron chi connectivity index (χ3n) is 3.27.